The molecule has 0 unspecified atom stereocenters. The minimum atomic E-state index is 1.28. The Balaban J connectivity index is 0.000000107. The fraction of sp³-hybridized carbons (Fsp3) is 0.118. The van der Waals surface area contributed by atoms with E-state index in [2.05, 4.69) is 373 Å². The lowest BCUT2D eigenvalue weighted by atomic mass is 9.92. The first-order valence-corrected chi connectivity index (χ1v) is 32.7. The van der Waals surface area contributed by atoms with Crippen LogP contribution in [0, 0.1) is 76.2 Å². The summed E-state index contributed by atoms with van der Waals surface area (Å²) in [5.41, 5.74) is 17.4. The number of benzene rings is 18. The van der Waals surface area contributed by atoms with Gasteiger partial charge in [-0.3, -0.25) is 0 Å². The second-order valence-corrected chi connectivity index (χ2v) is 25.6. The first kappa shape index (κ1) is 62.5. The van der Waals surface area contributed by atoms with Gasteiger partial charge >= 0.3 is 0 Å². The highest BCUT2D eigenvalue weighted by Gasteiger charge is 2.12. The monoisotopic (exact) mass is 1200 g/mol. The van der Waals surface area contributed by atoms with Crippen LogP contribution in [0.3, 0.4) is 0 Å². The third-order valence-corrected chi connectivity index (χ3v) is 18.2. The number of hydrogen-bond acceptors (Lipinski definition) is 0. The molecule has 0 radical (unpaired) electrons. The number of hydrogen-bond donors (Lipinski definition) is 0. The topological polar surface area (TPSA) is 0 Å². The van der Waals surface area contributed by atoms with E-state index in [1.165, 1.54) is 180 Å². The summed E-state index contributed by atoms with van der Waals surface area (Å²) in [5, 5.41) is 27.3. The Morgan fingerprint density at radius 2 is 0.473 bits per heavy atom. The molecule has 0 aliphatic rings. The Labute approximate surface area is 550 Å². The second kappa shape index (κ2) is 27.8. The van der Waals surface area contributed by atoms with Gasteiger partial charge in [-0.15, -0.1) is 0 Å². The SMILES string of the molecule is Cc1cc(C)cc(C)c1.Cc1cc2ccc3cccc4ccc(c1)c2c34.Cc1cc2cccc3ccc4cccc1c4c32.Cc1ccc(C)cc1.Cc1ccc2ccc3cccc4ccc1c2c34.Cc1cccc(-c2ccc3ccccc3c2)c1.Cc1ccccc1C. The van der Waals surface area contributed by atoms with E-state index in [9.17, 15) is 0 Å². The zero-order valence-corrected chi connectivity index (χ0v) is 55.8. The molecule has 0 saturated heterocycles. The van der Waals surface area contributed by atoms with E-state index in [-0.39, 0.29) is 0 Å². The van der Waals surface area contributed by atoms with Gasteiger partial charge in [0.15, 0.2) is 0 Å². The molecule has 0 fully saturated rings. The maximum Gasteiger partial charge on any atom is -0.00241 e. The van der Waals surface area contributed by atoms with E-state index < -0.39 is 0 Å². The van der Waals surface area contributed by atoms with Crippen LogP contribution in [0.2, 0.25) is 0 Å². The highest BCUT2D eigenvalue weighted by molar-refractivity contribution is 6.25. The van der Waals surface area contributed by atoms with E-state index in [4.69, 9.17) is 0 Å². The van der Waals surface area contributed by atoms with E-state index >= 15 is 0 Å². The van der Waals surface area contributed by atoms with E-state index in [1.807, 2.05) is 0 Å². The Hall–Kier alpha value is -10.7. The molecule has 0 amide bonds. The molecule has 0 heterocycles. The molecule has 0 heteroatoms. The molecule has 454 valence electrons. The van der Waals surface area contributed by atoms with Crippen LogP contribution in [-0.2, 0) is 0 Å². The molecule has 18 aromatic carbocycles. The lowest BCUT2D eigenvalue weighted by Gasteiger charge is -2.12. The molecule has 0 atom stereocenters. The van der Waals surface area contributed by atoms with Gasteiger partial charge in [0.1, 0.15) is 0 Å². The van der Waals surface area contributed by atoms with Crippen molar-refractivity contribution in [2.24, 2.45) is 0 Å². The fourth-order valence-electron chi connectivity index (χ4n) is 13.4. The third kappa shape index (κ3) is 14.1. The molecule has 0 N–H and O–H groups in total. The van der Waals surface area contributed by atoms with Gasteiger partial charge in [-0.25, -0.2) is 0 Å². The summed E-state index contributed by atoms with van der Waals surface area (Å²) in [6.45, 7) is 23.5. The van der Waals surface area contributed by atoms with Crippen LogP contribution in [-0.4, -0.2) is 0 Å². The second-order valence-electron chi connectivity index (χ2n) is 25.6. The number of aryl methyl sites for hydroxylation is 11. The standard InChI is InChI=1S/3C17H12.C17H14.C9H12.2C8H10/c1-11-10-14-6-2-4-12-8-9-13-5-3-7-15(11)17(13)16(12)14;1-11-9-14-7-5-12-3-2-4-13-6-8-15(10-11)17(14)16(12)13;1-11-5-6-14-8-7-12-3-2-4-13-9-10-15(11)17(14)16(12)13;1-13-5-4-8-15(11-13)17-10-9-14-6-2-3-7-16(14)12-17;1-7-4-8(2)6-9(3)5-7;1-7-3-5-8(2)6-4-7;1-7-5-3-4-6-8(7)2/h3*2-10H,1H3;2-12H,1H3;4-6H,1-3H3;2*3-6H,1-2H3. The van der Waals surface area contributed by atoms with E-state index in [1.54, 1.807) is 0 Å². The summed E-state index contributed by atoms with van der Waals surface area (Å²) >= 11 is 0. The lowest BCUT2D eigenvalue weighted by Crippen LogP contribution is -1.85. The van der Waals surface area contributed by atoms with Crippen molar-refractivity contribution in [1.82, 2.24) is 0 Å². The molecule has 18 aromatic rings. The first-order valence-electron chi connectivity index (χ1n) is 32.7. The van der Waals surface area contributed by atoms with Crippen molar-refractivity contribution < 1.29 is 0 Å². The summed E-state index contributed by atoms with van der Waals surface area (Å²) in [4.78, 5) is 0. The van der Waals surface area contributed by atoms with Crippen LogP contribution in [0.1, 0.15) is 61.2 Å². The maximum atomic E-state index is 2.30. The van der Waals surface area contributed by atoms with Crippen molar-refractivity contribution in [3.05, 3.63) is 358 Å². The summed E-state index contributed by atoms with van der Waals surface area (Å²) < 4.78 is 0. The normalized spacial score (nSPS) is 11.0. The Morgan fingerprint density at radius 1 is 0.140 bits per heavy atom. The molecule has 0 aliphatic heterocycles. The van der Waals surface area contributed by atoms with Crippen LogP contribution in [0.4, 0.5) is 0 Å². The van der Waals surface area contributed by atoms with Crippen LogP contribution in [0.25, 0.3) is 119 Å². The third-order valence-electron chi connectivity index (χ3n) is 18.2. The molecular formula is C93H82. The molecule has 0 nitrogen and oxygen atoms in total. The first-order chi connectivity index (χ1) is 45.1. The van der Waals surface area contributed by atoms with Crippen molar-refractivity contribution in [2.45, 2.75) is 76.2 Å². The Morgan fingerprint density at radius 3 is 0.989 bits per heavy atom. The summed E-state index contributed by atoms with van der Waals surface area (Å²) in [7, 11) is 0. The van der Waals surface area contributed by atoms with Crippen molar-refractivity contribution in [3.8, 4) is 11.1 Å². The average molecular weight is 1200 g/mol. The molecular weight excluding hydrogens is 1120 g/mol. The van der Waals surface area contributed by atoms with Crippen LogP contribution in [0.15, 0.2) is 297 Å². The quantitative estimate of drug-likeness (QED) is 0.144. The molecule has 0 saturated carbocycles. The predicted octanol–water partition coefficient (Wildman–Crippen LogP) is 26.7. The highest BCUT2D eigenvalue weighted by atomic mass is 14.2. The van der Waals surface area contributed by atoms with Gasteiger partial charge < -0.3 is 0 Å². The average Bonchev–Trinajstić information content (AvgIpc) is 0.769. The van der Waals surface area contributed by atoms with Crippen LogP contribution < -0.4 is 0 Å². The van der Waals surface area contributed by atoms with Crippen molar-refractivity contribution in [3.63, 3.8) is 0 Å². The van der Waals surface area contributed by atoms with Crippen molar-refractivity contribution >= 4 is 108 Å². The smallest absolute Gasteiger partial charge is 0.00241 e. The van der Waals surface area contributed by atoms with Gasteiger partial charge in [-0.1, -0.05) is 325 Å². The zero-order valence-electron chi connectivity index (χ0n) is 55.8. The number of rotatable bonds is 1. The van der Waals surface area contributed by atoms with Gasteiger partial charge in [0.05, 0.1) is 0 Å². The van der Waals surface area contributed by atoms with Gasteiger partial charge in [0.25, 0.3) is 0 Å². The van der Waals surface area contributed by atoms with Crippen LogP contribution in [0.5, 0.6) is 0 Å². The van der Waals surface area contributed by atoms with Gasteiger partial charge in [-0.05, 0) is 229 Å². The van der Waals surface area contributed by atoms with Crippen LogP contribution >= 0.6 is 0 Å². The lowest BCUT2D eigenvalue weighted by molar-refractivity contribution is 1.32. The predicted molar refractivity (Wildman–Crippen MR) is 411 cm³/mol. The minimum Gasteiger partial charge on any atom is -0.0620 e. The molecule has 18 rings (SSSR count). The van der Waals surface area contributed by atoms with Gasteiger partial charge in [-0.2, -0.15) is 0 Å². The minimum absolute atomic E-state index is 1.28. The molecule has 0 aromatic heterocycles. The van der Waals surface area contributed by atoms with E-state index in [0.29, 0.717) is 0 Å². The summed E-state index contributed by atoms with van der Waals surface area (Å²) in [6.07, 6.45) is 0. The molecule has 0 spiro atoms. The molecule has 93 heavy (non-hydrogen) atoms. The largest absolute Gasteiger partial charge is 0.0620 e. The molecule has 0 bridgehead atoms. The zero-order chi connectivity index (χ0) is 64.7. The summed E-state index contributed by atoms with van der Waals surface area (Å²) in [6, 6.07) is 107. The van der Waals surface area contributed by atoms with Gasteiger partial charge in [0.2, 0.25) is 0 Å². The van der Waals surface area contributed by atoms with Crippen molar-refractivity contribution in [1.29, 1.82) is 0 Å². The maximum absolute atomic E-state index is 2.30. The Kier molecular flexibility index (Phi) is 18.7. The van der Waals surface area contributed by atoms with E-state index in [0.717, 1.165) is 0 Å². The highest BCUT2D eigenvalue weighted by Crippen LogP contribution is 2.39. The molecule has 0 aliphatic carbocycles. The van der Waals surface area contributed by atoms with Gasteiger partial charge in [0, 0.05) is 0 Å². The van der Waals surface area contributed by atoms with Crippen molar-refractivity contribution in [2.75, 3.05) is 0 Å². The Bertz CT molecular complexity index is 5340. The fourth-order valence-corrected chi connectivity index (χ4v) is 13.4. The summed E-state index contributed by atoms with van der Waals surface area (Å²) in [5.74, 6) is 0. The number of fused-ring (bicyclic) bond motifs is 1.